The zero-order chi connectivity index (χ0) is 26.0. The molecule has 0 saturated carbocycles. The van der Waals surface area contributed by atoms with Crippen molar-refractivity contribution in [2.75, 3.05) is 0 Å². The van der Waals surface area contributed by atoms with Gasteiger partial charge in [0.2, 0.25) is 0 Å². The third-order valence-corrected chi connectivity index (χ3v) is 6.17. The van der Waals surface area contributed by atoms with Gasteiger partial charge < -0.3 is 15.0 Å². The van der Waals surface area contributed by atoms with Crippen molar-refractivity contribution in [2.24, 2.45) is 0 Å². The summed E-state index contributed by atoms with van der Waals surface area (Å²) in [5.74, 6) is -3.43. The molecule has 2 heterocycles. The second-order valence-corrected chi connectivity index (χ2v) is 8.94. The van der Waals surface area contributed by atoms with E-state index in [1.807, 2.05) is 43.5 Å². The largest absolute Gasteiger partial charge is 0.478 e. The molecule has 186 valence electrons. The number of rotatable bonds is 8. The summed E-state index contributed by atoms with van der Waals surface area (Å²) in [5.41, 5.74) is 3.91. The second kappa shape index (κ2) is 10.3. The first-order valence-electron chi connectivity index (χ1n) is 11.8. The Morgan fingerprint density at radius 3 is 2.47 bits per heavy atom. The van der Waals surface area contributed by atoms with Gasteiger partial charge in [-0.25, -0.2) is 13.6 Å². The number of aromatic nitrogens is 2. The predicted molar refractivity (Wildman–Crippen MR) is 133 cm³/mol. The number of aryl methyl sites for hydroxylation is 1. The Balaban J connectivity index is 1.89. The van der Waals surface area contributed by atoms with Crippen LogP contribution in [0.5, 0.6) is 0 Å². The van der Waals surface area contributed by atoms with Crippen LogP contribution in [0.25, 0.3) is 10.9 Å². The lowest BCUT2D eigenvalue weighted by molar-refractivity contribution is 0.0696. The molecular formula is C28H27F2N3O3. The fraction of sp³-hybridized carbons (Fsp3) is 0.250. The summed E-state index contributed by atoms with van der Waals surface area (Å²) in [6.07, 6.45) is 2.21. The average Bonchev–Trinajstić information content (AvgIpc) is 3.19. The lowest BCUT2D eigenvalue weighted by atomic mass is 9.97. The standard InChI is InChI=1S/C28H27F2N3O3/c1-4-18-12-19(28(35)36)13-23-24(18)25(27(34)32-14-17-8-9-21(29)22(30)11-17)26(16(2)3)33(23)15-20-7-5-6-10-31-20/h5-13,16H,4,14-15H2,1-3H3,(H,32,34)(H,35,36). The molecule has 0 aliphatic heterocycles. The van der Waals surface area contributed by atoms with Gasteiger partial charge in [0.25, 0.3) is 5.91 Å². The van der Waals surface area contributed by atoms with E-state index in [9.17, 15) is 23.5 Å². The highest BCUT2D eigenvalue weighted by molar-refractivity contribution is 6.11. The zero-order valence-corrected chi connectivity index (χ0v) is 20.3. The van der Waals surface area contributed by atoms with Gasteiger partial charge in [0, 0.05) is 23.8 Å². The van der Waals surface area contributed by atoms with Crippen molar-refractivity contribution in [3.8, 4) is 0 Å². The number of nitrogens with zero attached hydrogens (tertiary/aromatic N) is 2. The highest BCUT2D eigenvalue weighted by atomic mass is 19.2. The average molecular weight is 492 g/mol. The second-order valence-electron chi connectivity index (χ2n) is 8.94. The van der Waals surface area contributed by atoms with Gasteiger partial charge in [-0.05, 0) is 59.9 Å². The van der Waals surface area contributed by atoms with E-state index in [4.69, 9.17) is 0 Å². The van der Waals surface area contributed by atoms with Gasteiger partial charge >= 0.3 is 5.97 Å². The number of hydrogen-bond donors (Lipinski definition) is 2. The van der Waals surface area contributed by atoms with E-state index >= 15 is 0 Å². The molecule has 2 aromatic heterocycles. The van der Waals surface area contributed by atoms with Crippen LogP contribution in [0.2, 0.25) is 0 Å². The third-order valence-electron chi connectivity index (χ3n) is 6.17. The van der Waals surface area contributed by atoms with Crippen molar-refractivity contribution >= 4 is 22.8 Å². The van der Waals surface area contributed by atoms with E-state index in [1.54, 1.807) is 18.3 Å². The topological polar surface area (TPSA) is 84.2 Å². The van der Waals surface area contributed by atoms with Crippen LogP contribution in [-0.2, 0) is 19.5 Å². The normalized spacial score (nSPS) is 11.3. The minimum atomic E-state index is -1.05. The number of carbonyl (C=O) groups is 2. The minimum absolute atomic E-state index is 0.00908. The summed E-state index contributed by atoms with van der Waals surface area (Å²) in [5, 5.41) is 13.3. The molecule has 0 fully saturated rings. The molecule has 0 atom stereocenters. The van der Waals surface area contributed by atoms with Crippen molar-refractivity contribution in [2.45, 2.75) is 46.2 Å². The third kappa shape index (κ3) is 4.84. The van der Waals surface area contributed by atoms with Crippen LogP contribution in [0.15, 0.2) is 54.7 Å². The number of pyridine rings is 1. The molecule has 36 heavy (non-hydrogen) atoms. The maximum Gasteiger partial charge on any atom is 0.335 e. The monoisotopic (exact) mass is 491 g/mol. The predicted octanol–water partition coefficient (Wildman–Crippen LogP) is 5.68. The number of carbonyl (C=O) groups excluding carboxylic acids is 1. The summed E-state index contributed by atoms with van der Waals surface area (Å²) in [6, 6.07) is 12.3. The molecule has 0 aliphatic rings. The maximum atomic E-state index is 13.7. The smallest absolute Gasteiger partial charge is 0.335 e. The van der Waals surface area contributed by atoms with Crippen LogP contribution >= 0.6 is 0 Å². The van der Waals surface area contributed by atoms with Gasteiger partial charge in [0.05, 0.1) is 28.9 Å². The molecular weight excluding hydrogens is 464 g/mol. The van der Waals surface area contributed by atoms with E-state index in [0.29, 0.717) is 35.0 Å². The highest BCUT2D eigenvalue weighted by Crippen LogP contribution is 2.35. The molecule has 2 aromatic carbocycles. The van der Waals surface area contributed by atoms with Crippen LogP contribution in [0.3, 0.4) is 0 Å². The van der Waals surface area contributed by atoms with E-state index in [-0.39, 0.29) is 23.9 Å². The Morgan fingerprint density at radius 1 is 1.08 bits per heavy atom. The van der Waals surface area contributed by atoms with Gasteiger partial charge in [-0.2, -0.15) is 0 Å². The lowest BCUT2D eigenvalue weighted by Crippen LogP contribution is -2.25. The van der Waals surface area contributed by atoms with E-state index < -0.39 is 17.6 Å². The molecule has 0 aliphatic carbocycles. The lowest BCUT2D eigenvalue weighted by Gasteiger charge is -2.15. The van der Waals surface area contributed by atoms with Crippen LogP contribution < -0.4 is 5.32 Å². The van der Waals surface area contributed by atoms with Gasteiger partial charge in [-0.3, -0.25) is 9.78 Å². The van der Waals surface area contributed by atoms with Crippen LogP contribution in [0, 0.1) is 11.6 Å². The summed E-state index contributed by atoms with van der Waals surface area (Å²) < 4.78 is 29.0. The molecule has 4 rings (SSSR count). The number of aromatic carboxylic acids is 1. The van der Waals surface area contributed by atoms with E-state index in [1.165, 1.54) is 6.07 Å². The number of hydrogen-bond acceptors (Lipinski definition) is 3. The molecule has 0 saturated heterocycles. The summed E-state index contributed by atoms with van der Waals surface area (Å²) in [4.78, 5) is 30.0. The molecule has 0 radical (unpaired) electrons. The molecule has 2 N–H and O–H groups in total. The van der Waals surface area contributed by atoms with Gasteiger partial charge in [0.1, 0.15) is 0 Å². The molecule has 0 spiro atoms. The number of amides is 1. The minimum Gasteiger partial charge on any atom is -0.478 e. The number of benzene rings is 2. The molecule has 0 unspecified atom stereocenters. The molecule has 8 heteroatoms. The van der Waals surface area contributed by atoms with E-state index in [0.717, 1.165) is 29.1 Å². The highest BCUT2D eigenvalue weighted by Gasteiger charge is 2.27. The summed E-state index contributed by atoms with van der Waals surface area (Å²) in [7, 11) is 0. The number of carboxylic acid groups (broad SMARTS) is 1. The Labute approximate surface area is 207 Å². The number of halogens is 2. The fourth-order valence-corrected chi connectivity index (χ4v) is 4.56. The Bertz CT molecular complexity index is 1450. The fourth-order valence-electron chi connectivity index (χ4n) is 4.56. The van der Waals surface area contributed by atoms with Gasteiger partial charge in [-0.15, -0.1) is 0 Å². The first kappa shape index (κ1) is 25.0. The quantitative estimate of drug-likeness (QED) is 0.332. The van der Waals surface area contributed by atoms with Crippen LogP contribution in [-0.4, -0.2) is 26.5 Å². The maximum absolute atomic E-state index is 13.7. The molecule has 6 nitrogen and oxygen atoms in total. The first-order valence-corrected chi connectivity index (χ1v) is 11.8. The SMILES string of the molecule is CCc1cc(C(=O)O)cc2c1c(C(=O)NCc1ccc(F)c(F)c1)c(C(C)C)n2Cc1ccccn1. The van der Waals surface area contributed by atoms with Crippen LogP contribution in [0.4, 0.5) is 8.78 Å². The van der Waals surface area contributed by atoms with Crippen molar-refractivity contribution in [1.29, 1.82) is 0 Å². The van der Waals surface area contributed by atoms with Crippen molar-refractivity contribution in [1.82, 2.24) is 14.9 Å². The van der Waals surface area contributed by atoms with Crippen LogP contribution in [0.1, 0.15) is 69.9 Å². The zero-order valence-electron chi connectivity index (χ0n) is 20.3. The van der Waals surface area contributed by atoms with Gasteiger partial charge in [-0.1, -0.05) is 32.9 Å². The Morgan fingerprint density at radius 2 is 1.86 bits per heavy atom. The number of nitrogens with one attached hydrogen (secondary N) is 1. The van der Waals surface area contributed by atoms with Crippen molar-refractivity contribution < 1.29 is 23.5 Å². The van der Waals surface area contributed by atoms with E-state index in [2.05, 4.69) is 10.3 Å². The Hall–Kier alpha value is -4.07. The van der Waals surface area contributed by atoms with Crippen molar-refractivity contribution in [3.05, 3.63) is 100 Å². The summed E-state index contributed by atoms with van der Waals surface area (Å²) >= 11 is 0. The van der Waals surface area contributed by atoms with Crippen molar-refractivity contribution in [3.63, 3.8) is 0 Å². The molecule has 0 bridgehead atoms. The Kier molecular flexibility index (Phi) is 7.15. The first-order chi connectivity index (χ1) is 17.2. The molecule has 4 aromatic rings. The molecule has 1 amide bonds. The number of fused-ring (bicyclic) bond motifs is 1. The summed E-state index contributed by atoms with van der Waals surface area (Å²) in [6.45, 7) is 6.22. The number of carboxylic acids is 1. The van der Waals surface area contributed by atoms with Gasteiger partial charge in [0.15, 0.2) is 11.6 Å².